The molecule has 1 aromatic carbocycles. The van der Waals surface area contributed by atoms with Crippen LogP contribution in [0.3, 0.4) is 0 Å². The third kappa shape index (κ3) is 4.51. The molecule has 0 aliphatic carbocycles. The summed E-state index contributed by atoms with van der Waals surface area (Å²) in [5.41, 5.74) is 1.37. The lowest BCUT2D eigenvalue weighted by molar-refractivity contribution is -0.384. The first kappa shape index (κ1) is 17.9. The average Bonchev–Trinajstić information content (AvgIpc) is 2.92. The summed E-state index contributed by atoms with van der Waals surface area (Å²) in [5, 5.41) is 15.1. The van der Waals surface area contributed by atoms with Crippen LogP contribution in [0.4, 0.5) is 5.69 Å². The molecule has 0 aliphatic rings. The van der Waals surface area contributed by atoms with Crippen LogP contribution in [0, 0.1) is 10.1 Å². The zero-order valence-corrected chi connectivity index (χ0v) is 14.9. The molecule has 1 amide bonds. The van der Waals surface area contributed by atoms with Crippen molar-refractivity contribution in [2.24, 2.45) is 0 Å². The maximum Gasteiger partial charge on any atom is 0.270 e. The second-order valence-electron chi connectivity index (χ2n) is 5.16. The molecule has 7 nitrogen and oxygen atoms in total. The summed E-state index contributed by atoms with van der Waals surface area (Å²) in [6, 6.07) is 6.12. The quantitative estimate of drug-likeness (QED) is 0.429. The van der Waals surface area contributed by atoms with Gasteiger partial charge in [-0.1, -0.05) is 12.1 Å². The van der Waals surface area contributed by atoms with Gasteiger partial charge in [-0.15, -0.1) is 0 Å². The SMILES string of the molecule is CCn1cc(Br)c(CN(C)C(=O)/C=C/c2cccc([N+](=O)[O-])c2)n1. The molecule has 0 saturated carbocycles. The van der Waals surface area contributed by atoms with E-state index in [2.05, 4.69) is 21.0 Å². The number of nitro benzene ring substituents is 1. The van der Waals surface area contributed by atoms with E-state index in [1.807, 2.05) is 13.1 Å². The molecule has 8 heteroatoms. The second-order valence-corrected chi connectivity index (χ2v) is 6.01. The Hall–Kier alpha value is -2.48. The van der Waals surface area contributed by atoms with Crippen LogP contribution in [0.25, 0.3) is 6.08 Å². The number of aryl methyl sites for hydroxylation is 1. The maximum absolute atomic E-state index is 12.2. The van der Waals surface area contributed by atoms with Crippen molar-refractivity contribution in [3.8, 4) is 0 Å². The second kappa shape index (κ2) is 7.87. The number of hydrogen-bond acceptors (Lipinski definition) is 4. The van der Waals surface area contributed by atoms with E-state index in [9.17, 15) is 14.9 Å². The van der Waals surface area contributed by atoms with Gasteiger partial charge in [0, 0.05) is 38.0 Å². The number of carbonyl (C=O) groups is 1. The Bertz CT molecular complexity index is 785. The summed E-state index contributed by atoms with van der Waals surface area (Å²) >= 11 is 3.43. The van der Waals surface area contributed by atoms with E-state index in [1.165, 1.54) is 23.1 Å². The van der Waals surface area contributed by atoms with E-state index < -0.39 is 4.92 Å². The van der Waals surface area contributed by atoms with Gasteiger partial charge in [0.25, 0.3) is 5.69 Å². The Morgan fingerprint density at radius 3 is 2.88 bits per heavy atom. The molecular weight excluding hydrogens is 376 g/mol. The summed E-state index contributed by atoms with van der Waals surface area (Å²) in [4.78, 5) is 24.0. The predicted molar refractivity (Wildman–Crippen MR) is 94.2 cm³/mol. The average molecular weight is 393 g/mol. The number of non-ortho nitro benzene ring substituents is 1. The Morgan fingerprint density at radius 1 is 1.50 bits per heavy atom. The molecule has 0 unspecified atom stereocenters. The van der Waals surface area contributed by atoms with Crippen molar-refractivity contribution in [1.29, 1.82) is 0 Å². The highest BCUT2D eigenvalue weighted by atomic mass is 79.9. The van der Waals surface area contributed by atoms with E-state index in [4.69, 9.17) is 0 Å². The highest BCUT2D eigenvalue weighted by molar-refractivity contribution is 9.10. The van der Waals surface area contributed by atoms with Gasteiger partial charge in [0.1, 0.15) is 0 Å². The minimum atomic E-state index is -0.465. The lowest BCUT2D eigenvalue weighted by Gasteiger charge is -2.13. The van der Waals surface area contributed by atoms with Gasteiger partial charge in [-0.2, -0.15) is 5.10 Å². The summed E-state index contributed by atoms with van der Waals surface area (Å²) in [6.07, 6.45) is 4.82. The molecular formula is C16H17BrN4O3. The van der Waals surface area contributed by atoms with Gasteiger partial charge in [0.15, 0.2) is 0 Å². The van der Waals surface area contributed by atoms with Crippen molar-refractivity contribution in [3.05, 3.63) is 62.4 Å². The summed E-state index contributed by atoms with van der Waals surface area (Å²) in [5.74, 6) is -0.209. The van der Waals surface area contributed by atoms with E-state index in [0.29, 0.717) is 12.1 Å². The number of benzene rings is 1. The number of hydrogen-bond donors (Lipinski definition) is 0. The van der Waals surface area contributed by atoms with Crippen LogP contribution in [0.15, 0.2) is 41.0 Å². The molecule has 0 fully saturated rings. The van der Waals surface area contributed by atoms with E-state index in [0.717, 1.165) is 16.7 Å². The van der Waals surface area contributed by atoms with Crippen LogP contribution in [-0.4, -0.2) is 32.6 Å². The third-order valence-electron chi connectivity index (χ3n) is 3.37. The molecule has 2 rings (SSSR count). The Labute approximate surface area is 147 Å². The number of carbonyl (C=O) groups excluding carboxylic acids is 1. The number of rotatable bonds is 6. The molecule has 1 heterocycles. The van der Waals surface area contributed by atoms with Crippen molar-refractivity contribution in [1.82, 2.24) is 14.7 Å². The number of amides is 1. The lowest BCUT2D eigenvalue weighted by Crippen LogP contribution is -2.24. The Morgan fingerprint density at radius 2 is 2.25 bits per heavy atom. The van der Waals surface area contributed by atoms with Gasteiger partial charge in [0.2, 0.25) is 5.91 Å². The molecule has 0 N–H and O–H groups in total. The van der Waals surface area contributed by atoms with E-state index in [-0.39, 0.29) is 11.6 Å². The van der Waals surface area contributed by atoms with Gasteiger partial charge in [-0.05, 0) is 34.5 Å². The van der Waals surface area contributed by atoms with Crippen LogP contribution in [0.5, 0.6) is 0 Å². The monoisotopic (exact) mass is 392 g/mol. The van der Waals surface area contributed by atoms with Crippen LogP contribution < -0.4 is 0 Å². The predicted octanol–water partition coefficient (Wildman–Crippen LogP) is 3.25. The number of halogens is 1. The highest BCUT2D eigenvalue weighted by Gasteiger charge is 2.12. The fraction of sp³-hybridized carbons (Fsp3) is 0.250. The van der Waals surface area contributed by atoms with Crippen molar-refractivity contribution in [2.75, 3.05) is 7.05 Å². The topological polar surface area (TPSA) is 81.3 Å². The third-order valence-corrected chi connectivity index (χ3v) is 4.04. The summed E-state index contributed by atoms with van der Waals surface area (Å²) in [6.45, 7) is 3.11. The smallest absolute Gasteiger partial charge is 0.270 e. The van der Waals surface area contributed by atoms with Gasteiger partial charge in [-0.25, -0.2) is 0 Å². The number of nitrogens with zero attached hydrogens (tertiary/aromatic N) is 4. The number of nitro groups is 1. The fourth-order valence-electron chi connectivity index (χ4n) is 2.05. The lowest BCUT2D eigenvalue weighted by atomic mass is 10.2. The Balaban J connectivity index is 2.04. The van der Waals surface area contributed by atoms with Gasteiger partial charge < -0.3 is 4.90 Å². The van der Waals surface area contributed by atoms with Crippen LogP contribution in [0.1, 0.15) is 18.2 Å². The van der Waals surface area contributed by atoms with Crippen LogP contribution in [-0.2, 0) is 17.9 Å². The van der Waals surface area contributed by atoms with Gasteiger partial charge >= 0.3 is 0 Å². The molecule has 24 heavy (non-hydrogen) atoms. The standard InChI is InChI=1S/C16H17BrN4O3/c1-3-20-10-14(17)15(18-20)11-19(2)16(22)8-7-12-5-4-6-13(9-12)21(23)24/h4-10H,3,11H2,1-2H3/b8-7+. The molecule has 0 aliphatic heterocycles. The largest absolute Gasteiger partial charge is 0.336 e. The van der Waals surface area contributed by atoms with E-state index >= 15 is 0 Å². The van der Waals surface area contributed by atoms with Crippen molar-refractivity contribution < 1.29 is 9.72 Å². The molecule has 0 radical (unpaired) electrons. The first-order valence-electron chi connectivity index (χ1n) is 7.30. The van der Waals surface area contributed by atoms with Gasteiger partial charge in [-0.3, -0.25) is 19.6 Å². The first-order chi connectivity index (χ1) is 11.4. The summed E-state index contributed by atoms with van der Waals surface area (Å²) in [7, 11) is 1.68. The molecule has 0 saturated heterocycles. The zero-order valence-electron chi connectivity index (χ0n) is 13.3. The Kier molecular flexibility index (Phi) is 5.86. The number of aromatic nitrogens is 2. The minimum absolute atomic E-state index is 0.00742. The molecule has 0 atom stereocenters. The molecule has 0 spiro atoms. The molecule has 2 aromatic rings. The zero-order chi connectivity index (χ0) is 17.7. The first-order valence-corrected chi connectivity index (χ1v) is 8.09. The maximum atomic E-state index is 12.2. The van der Waals surface area contributed by atoms with Crippen molar-refractivity contribution in [3.63, 3.8) is 0 Å². The molecule has 126 valence electrons. The van der Waals surface area contributed by atoms with E-state index in [1.54, 1.807) is 29.9 Å². The highest BCUT2D eigenvalue weighted by Crippen LogP contribution is 2.17. The van der Waals surface area contributed by atoms with Crippen molar-refractivity contribution in [2.45, 2.75) is 20.0 Å². The summed E-state index contributed by atoms with van der Waals surface area (Å²) < 4.78 is 2.64. The number of likely N-dealkylation sites (N-methyl/N-ethyl adjacent to an activating group) is 1. The van der Waals surface area contributed by atoms with Crippen molar-refractivity contribution >= 4 is 33.6 Å². The minimum Gasteiger partial charge on any atom is -0.336 e. The normalized spacial score (nSPS) is 11.0. The van der Waals surface area contributed by atoms with Gasteiger partial charge in [0.05, 0.1) is 21.6 Å². The fourth-order valence-corrected chi connectivity index (χ4v) is 2.49. The molecule has 0 bridgehead atoms. The van der Waals surface area contributed by atoms with Crippen LogP contribution in [0.2, 0.25) is 0 Å². The van der Waals surface area contributed by atoms with Crippen LogP contribution >= 0.6 is 15.9 Å². The molecule has 1 aromatic heterocycles.